The summed E-state index contributed by atoms with van der Waals surface area (Å²) >= 11 is 0. The molecule has 0 heterocycles. The fourth-order valence-corrected chi connectivity index (χ4v) is 0. The largest absolute Gasteiger partial charge is 0.693 e. The molecule has 0 saturated carbocycles. The first-order valence-corrected chi connectivity index (χ1v) is 0. The van der Waals surface area contributed by atoms with Crippen LogP contribution in [-0.4, -0.2) is 0 Å². The molecule has 0 saturated heterocycles. The molecule has 0 aromatic rings. The van der Waals surface area contributed by atoms with Gasteiger partial charge in [0.25, 0.3) is 0 Å². The third-order valence-electron chi connectivity index (χ3n) is 0. The average molecular weight is 157 g/mol. The van der Waals surface area contributed by atoms with Gasteiger partial charge in [0.05, 0.1) is 0 Å². The summed E-state index contributed by atoms with van der Waals surface area (Å²) in [5.41, 5.74) is 0. The summed E-state index contributed by atoms with van der Waals surface area (Å²) in [6.07, 6.45) is 0. The number of rotatable bonds is 0. The second-order valence-electron chi connectivity index (χ2n) is 0. The van der Waals surface area contributed by atoms with Gasteiger partial charge in [-0.2, -0.15) is 0 Å². The topological polar surface area (TPSA) is 204 Å². The molecule has 7 heavy (non-hydrogen) atoms. The minimum absolute atomic E-state index is 0. The molecule has 0 fully saturated rings. The Labute approximate surface area is 54.5 Å². The molecule has 0 amide bonds. The molecule has 6 nitrogen and oxygen atoms in total. The van der Waals surface area contributed by atoms with Crippen molar-refractivity contribution in [3.8, 4) is 0 Å². The number of nitrogens with two attached hydrogens (primary N) is 4. The first-order valence-electron chi connectivity index (χ1n) is 0. The summed E-state index contributed by atoms with van der Waals surface area (Å²) in [6, 6.07) is 0. The Bertz CT molecular complexity index is 4.14. The van der Waals surface area contributed by atoms with Crippen molar-refractivity contribution in [1.82, 2.24) is 12.3 Å². The summed E-state index contributed by atoms with van der Waals surface area (Å²) < 4.78 is 0. The van der Waals surface area contributed by atoms with E-state index in [4.69, 9.17) is 0 Å². The van der Waals surface area contributed by atoms with Crippen molar-refractivity contribution in [2.75, 3.05) is 0 Å². The zero-order chi connectivity index (χ0) is 0. The predicted octanol–water partition coefficient (Wildman–Crippen LogP) is 3.19. The Morgan fingerprint density at radius 1 is 0.429 bits per heavy atom. The van der Waals surface area contributed by atoms with E-state index in [1.165, 1.54) is 0 Å². The Balaban J connectivity index is 0. The Morgan fingerprint density at radius 3 is 0.429 bits per heavy atom. The van der Waals surface area contributed by atoms with E-state index in [1.807, 2.05) is 0 Å². The second-order valence-corrected chi connectivity index (χ2v) is 0. The van der Waals surface area contributed by atoms with Crippen LogP contribution < -0.4 is 12.3 Å². The van der Waals surface area contributed by atoms with Crippen LogP contribution in [0.2, 0.25) is 0 Å². The van der Waals surface area contributed by atoms with E-state index >= 15 is 0 Å². The van der Waals surface area contributed by atoms with Crippen molar-refractivity contribution in [2.24, 2.45) is 0 Å². The van der Waals surface area contributed by atoms with Gasteiger partial charge in [-0.15, -0.1) is 0 Å². The molecule has 0 bridgehead atoms. The van der Waals surface area contributed by atoms with Crippen LogP contribution >= 0.6 is 0 Å². The summed E-state index contributed by atoms with van der Waals surface area (Å²) in [7, 11) is 0. The molecule has 0 aliphatic heterocycles. The molecule has 0 rings (SSSR count). The molecule has 57 valence electrons. The van der Waals surface area contributed by atoms with E-state index < -0.39 is 0 Å². The predicted molar refractivity (Wildman–Crippen MR) is 31.2 cm³/mol. The van der Waals surface area contributed by atoms with Crippen LogP contribution in [0.1, 0.15) is 0 Å². The molecular weight excluding hydrogens is 143 g/mol. The van der Waals surface area contributed by atoms with Crippen molar-refractivity contribution >= 4 is 0 Å². The zero-order valence-electron chi connectivity index (χ0n) is 4.06. The van der Waals surface area contributed by atoms with Crippen LogP contribution in [0.5, 0.6) is 0 Å². The van der Waals surface area contributed by atoms with Gasteiger partial charge >= 0.3 is 0 Å². The van der Waals surface area contributed by atoms with Gasteiger partial charge in [0.2, 0.25) is 0 Å². The Morgan fingerprint density at radius 2 is 0.429 bits per heavy atom. The van der Waals surface area contributed by atoms with E-state index in [9.17, 15) is 0 Å². The fraction of sp³-hybridized carbons (Fsp3) is 0. The van der Waals surface area contributed by atoms with Gasteiger partial charge in [0.15, 0.2) is 0 Å². The van der Waals surface area contributed by atoms with E-state index in [-0.39, 0.29) is 53.7 Å². The van der Waals surface area contributed by atoms with Crippen molar-refractivity contribution in [2.45, 2.75) is 0 Å². The SMILES string of the molecule is N.N.[Co].[NH2-].[NH2-].[NH2-].[NH2-]. The van der Waals surface area contributed by atoms with Gasteiger partial charge in [0.1, 0.15) is 0 Å². The van der Waals surface area contributed by atoms with Gasteiger partial charge in [-0.3, -0.25) is 0 Å². The molecular formula is H14CoN6-4. The summed E-state index contributed by atoms with van der Waals surface area (Å²) in [5, 5.41) is 0. The van der Waals surface area contributed by atoms with Crippen molar-refractivity contribution in [3.63, 3.8) is 0 Å². The van der Waals surface area contributed by atoms with Crippen molar-refractivity contribution < 1.29 is 16.8 Å². The quantitative estimate of drug-likeness (QED) is 0.542. The molecule has 0 aromatic carbocycles. The van der Waals surface area contributed by atoms with Gasteiger partial charge < -0.3 is 36.9 Å². The van der Waals surface area contributed by atoms with Gasteiger partial charge in [-0.1, -0.05) is 0 Å². The van der Waals surface area contributed by atoms with Crippen LogP contribution in [0.25, 0.3) is 24.6 Å². The number of hydrogen-bond acceptors (Lipinski definition) is 2. The third-order valence-corrected chi connectivity index (χ3v) is 0. The van der Waals surface area contributed by atoms with Gasteiger partial charge in [0, 0.05) is 16.8 Å². The van der Waals surface area contributed by atoms with E-state index in [2.05, 4.69) is 0 Å². The molecule has 0 atom stereocenters. The van der Waals surface area contributed by atoms with Gasteiger partial charge in [-0.25, -0.2) is 0 Å². The molecule has 0 aromatic heterocycles. The van der Waals surface area contributed by atoms with E-state index in [0.717, 1.165) is 0 Å². The van der Waals surface area contributed by atoms with Gasteiger partial charge in [-0.05, 0) is 0 Å². The monoisotopic (exact) mass is 157 g/mol. The second kappa shape index (κ2) is 2450. The van der Waals surface area contributed by atoms with E-state index in [1.54, 1.807) is 0 Å². The van der Waals surface area contributed by atoms with Crippen molar-refractivity contribution in [3.05, 3.63) is 24.6 Å². The maximum atomic E-state index is 0. The minimum Gasteiger partial charge on any atom is -0.693 e. The first-order chi connectivity index (χ1) is 0. The van der Waals surface area contributed by atoms with Crippen LogP contribution in [0, 0.1) is 0 Å². The maximum Gasteiger partial charge on any atom is 0 e. The Hall–Kier alpha value is 0.266. The molecule has 1 radical (unpaired) electrons. The van der Waals surface area contributed by atoms with Crippen LogP contribution in [0.3, 0.4) is 0 Å². The van der Waals surface area contributed by atoms with Crippen LogP contribution in [0.4, 0.5) is 0 Å². The normalized spacial score (nSPS) is 0. The standard InChI is InChI=1S/Co.2H3N.4H2N/h;2*1H3;4*1H2/q;;;4*-1. The smallest absolute Gasteiger partial charge is 0 e. The van der Waals surface area contributed by atoms with Crippen LogP contribution in [-0.2, 0) is 16.8 Å². The first kappa shape index (κ1) is 4020. The van der Waals surface area contributed by atoms with Crippen molar-refractivity contribution in [1.29, 1.82) is 0 Å². The average Bonchev–Trinajstić information content (AvgIpc) is 0. The molecule has 14 N–H and O–H groups in total. The molecule has 0 aliphatic carbocycles. The number of hydrogen-bond donors (Lipinski definition) is 2. The summed E-state index contributed by atoms with van der Waals surface area (Å²) in [4.78, 5) is 0. The molecule has 0 spiro atoms. The molecule has 7 heteroatoms. The maximum absolute atomic E-state index is 0. The Kier molecular flexibility index (Phi) is 1400000. The third kappa shape index (κ3) is 1610. The zero-order valence-corrected chi connectivity index (χ0v) is 5.10. The summed E-state index contributed by atoms with van der Waals surface area (Å²) in [6.45, 7) is 0. The molecule has 0 unspecified atom stereocenters. The van der Waals surface area contributed by atoms with E-state index in [0.29, 0.717) is 0 Å². The molecule has 0 aliphatic rings. The minimum atomic E-state index is 0. The fourth-order valence-electron chi connectivity index (χ4n) is 0. The van der Waals surface area contributed by atoms with Crippen LogP contribution in [0.15, 0.2) is 0 Å². The summed E-state index contributed by atoms with van der Waals surface area (Å²) in [5.74, 6) is 0.